The Morgan fingerprint density at radius 3 is 3.00 bits per heavy atom. The molecule has 1 heterocycles. The van der Waals surface area contributed by atoms with Gasteiger partial charge in [-0.3, -0.25) is 5.73 Å². The van der Waals surface area contributed by atoms with Crippen molar-refractivity contribution >= 4 is 5.96 Å². The molecule has 0 bridgehead atoms. The molecule has 1 aliphatic heterocycles. The summed E-state index contributed by atoms with van der Waals surface area (Å²) in [6.45, 7) is 0. The third kappa shape index (κ3) is 2.78. The zero-order chi connectivity index (χ0) is 9.68. The Morgan fingerprint density at radius 1 is 1.69 bits per heavy atom. The fourth-order valence-electron chi connectivity index (χ4n) is 0.664. The van der Waals surface area contributed by atoms with Crippen LogP contribution in [0.2, 0.25) is 0 Å². The molecule has 0 aromatic carbocycles. The number of nitrogens with zero attached hydrogens (tertiary/aromatic N) is 2. The fourth-order valence-corrected chi connectivity index (χ4v) is 0.664. The van der Waals surface area contributed by atoms with E-state index in [9.17, 15) is 5.21 Å². The number of hydroxylamine groups is 1. The van der Waals surface area contributed by atoms with Gasteiger partial charge in [-0.2, -0.15) is 0 Å². The number of azo groups is 1. The molecule has 6 heteroatoms. The van der Waals surface area contributed by atoms with E-state index in [1.54, 1.807) is 24.4 Å². The van der Waals surface area contributed by atoms with Gasteiger partial charge in [-0.1, -0.05) is 6.08 Å². The summed E-state index contributed by atoms with van der Waals surface area (Å²) in [5, 5.41) is 23.6. The first kappa shape index (κ1) is 8.98. The molecule has 1 rings (SSSR count). The Morgan fingerprint density at radius 2 is 2.46 bits per heavy atom. The number of rotatable bonds is 1. The van der Waals surface area contributed by atoms with E-state index >= 15 is 0 Å². The third-order valence-corrected chi connectivity index (χ3v) is 1.24. The van der Waals surface area contributed by atoms with Crippen LogP contribution in [0.3, 0.4) is 0 Å². The SMILES string of the molecule is N=C(N)[N+]([O-])=N/C=C1/C=CC=CN1. The van der Waals surface area contributed by atoms with Crippen molar-refractivity contribution < 1.29 is 4.86 Å². The van der Waals surface area contributed by atoms with Gasteiger partial charge in [0, 0.05) is 6.20 Å². The van der Waals surface area contributed by atoms with Gasteiger partial charge >= 0.3 is 5.96 Å². The summed E-state index contributed by atoms with van der Waals surface area (Å²) in [5.41, 5.74) is 5.53. The molecule has 0 unspecified atom stereocenters. The number of hydrogen-bond acceptors (Lipinski definition) is 4. The highest BCUT2D eigenvalue weighted by molar-refractivity contribution is 5.64. The highest BCUT2D eigenvalue weighted by atomic mass is 16.5. The quantitative estimate of drug-likeness (QED) is 0.178. The maximum absolute atomic E-state index is 10.7. The van der Waals surface area contributed by atoms with E-state index in [4.69, 9.17) is 11.1 Å². The molecular weight excluding hydrogens is 170 g/mol. The zero-order valence-electron chi connectivity index (χ0n) is 6.77. The van der Waals surface area contributed by atoms with Crippen LogP contribution in [-0.2, 0) is 0 Å². The van der Waals surface area contributed by atoms with E-state index in [0.717, 1.165) is 0 Å². The second kappa shape index (κ2) is 4.05. The van der Waals surface area contributed by atoms with Crippen LogP contribution in [0.15, 0.2) is 41.4 Å². The lowest BCUT2D eigenvalue weighted by Gasteiger charge is -2.04. The Bertz CT molecular complexity index is 326. The van der Waals surface area contributed by atoms with Crippen LogP contribution in [0.4, 0.5) is 0 Å². The van der Waals surface area contributed by atoms with E-state index in [1.165, 1.54) is 6.20 Å². The molecular formula is C7H9N5O. The molecule has 0 saturated heterocycles. The monoisotopic (exact) mass is 179 g/mol. The van der Waals surface area contributed by atoms with E-state index in [-0.39, 0.29) is 4.86 Å². The minimum atomic E-state index is -0.646. The Balaban J connectivity index is 2.67. The summed E-state index contributed by atoms with van der Waals surface area (Å²) in [6, 6.07) is 0. The molecule has 0 saturated carbocycles. The summed E-state index contributed by atoms with van der Waals surface area (Å²) in [5.74, 6) is -0.646. The van der Waals surface area contributed by atoms with Gasteiger partial charge in [0.1, 0.15) is 0 Å². The van der Waals surface area contributed by atoms with Gasteiger partial charge in [0.05, 0.1) is 11.9 Å². The molecule has 0 amide bonds. The molecule has 0 radical (unpaired) electrons. The van der Waals surface area contributed by atoms with Gasteiger partial charge in [0.2, 0.25) is 0 Å². The number of hydrogen-bond donors (Lipinski definition) is 3. The van der Waals surface area contributed by atoms with Crippen molar-refractivity contribution in [3.8, 4) is 0 Å². The van der Waals surface area contributed by atoms with E-state index in [2.05, 4.69) is 10.4 Å². The second-order valence-corrected chi connectivity index (χ2v) is 2.22. The average Bonchev–Trinajstić information content (AvgIpc) is 2.15. The van der Waals surface area contributed by atoms with Gasteiger partial charge in [0.15, 0.2) is 0 Å². The predicted octanol–water partition coefficient (Wildman–Crippen LogP) is 0.357. The van der Waals surface area contributed by atoms with E-state index < -0.39 is 5.96 Å². The number of nitrogens with one attached hydrogen (secondary N) is 2. The lowest BCUT2D eigenvalue weighted by Crippen LogP contribution is -2.21. The van der Waals surface area contributed by atoms with E-state index in [0.29, 0.717) is 5.70 Å². The van der Waals surface area contributed by atoms with Crippen LogP contribution in [0.1, 0.15) is 0 Å². The maximum atomic E-state index is 10.7. The maximum Gasteiger partial charge on any atom is 0.402 e. The Kier molecular flexibility index (Phi) is 2.80. The fraction of sp³-hybridized carbons (Fsp3) is 0. The molecule has 0 aromatic rings. The molecule has 68 valence electrons. The van der Waals surface area contributed by atoms with Crippen molar-refractivity contribution in [2.45, 2.75) is 0 Å². The van der Waals surface area contributed by atoms with Gasteiger partial charge in [-0.05, 0) is 12.2 Å². The highest BCUT2D eigenvalue weighted by Crippen LogP contribution is 1.98. The van der Waals surface area contributed by atoms with Crippen molar-refractivity contribution in [3.05, 3.63) is 41.5 Å². The number of guanidine groups is 1. The van der Waals surface area contributed by atoms with Gasteiger partial charge in [0.25, 0.3) is 0 Å². The molecule has 0 fully saturated rings. The Labute approximate surface area is 74.8 Å². The first-order chi connectivity index (χ1) is 6.20. The molecule has 0 atom stereocenters. The minimum Gasteiger partial charge on any atom is -0.722 e. The summed E-state index contributed by atoms with van der Waals surface area (Å²) >= 11 is 0. The number of allylic oxidation sites excluding steroid dienone is 3. The summed E-state index contributed by atoms with van der Waals surface area (Å²) < 4.78 is 0. The smallest absolute Gasteiger partial charge is 0.402 e. The molecule has 0 aromatic heterocycles. The number of nitrogens with two attached hydrogens (primary N) is 1. The standard InChI is InChI=1S/C7H9N5O/c8-7(9)12(13)11-5-6-3-1-2-4-10-6/h1-5,10H,(H3,8,9)/b6-5-,12-11?. The Hall–Kier alpha value is -2.11. The van der Waals surface area contributed by atoms with Crippen molar-refractivity contribution in [2.24, 2.45) is 10.8 Å². The molecule has 0 spiro atoms. The molecule has 6 nitrogen and oxygen atoms in total. The number of dihydropyridines is 1. The van der Waals surface area contributed by atoms with Crippen LogP contribution in [-0.4, -0.2) is 10.8 Å². The molecule has 4 N–H and O–H groups in total. The molecule has 0 aliphatic carbocycles. The van der Waals surface area contributed by atoms with Crippen LogP contribution < -0.4 is 11.1 Å². The van der Waals surface area contributed by atoms with Gasteiger partial charge in [-0.15, -0.1) is 15.4 Å². The molecule has 1 aliphatic rings. The predicted molar refractivity (Wildman–Crippen MR) is 47.5 cm³/mol. The minimum absolute atomic E-state index is 0.0286. The topological polar surface area (TPSA) is 100 Å². The average molecular weight is 179 g/mol. The lowest BCUT2D eigenvalue weighted by molar-refractivity contribution is -0.407. The second-order valence-electron chi connectivity index (χ2n) is 2.22. The summed E-state index contributed by atoms with van der Waals surface area (Å²) in [6.07, 6.45) is 8.31. The molecule has 13 heavy (non-hydrogen) atoms. The normalized spacial score (nSPS) is 18.8. The van der Waals surface area contributed by atoms with Crippen LogP contribution >= 0.6 is 0 Å². The lowest BCUT2D eigenvalue weighted by atomic mass is 10.3. The van der Waals surface area contributed by atoms with Gasteiger partial charge < -0.3 is 10.5 Å². The largest absolute Gasteiger partial charge is 0.722 e. The van der Waals surface area contributed by atoms with E-state index in [1.807, 2.05) is 0 Å². The summed E-state index contributed by atoms with van der Waals surface area (Å²) in [4.78, 5) is 0.0286. The van der Waals surface area contributed by atoms with Crippen LogP contribution in [0.25, 0.3) is 0 Å². The first-order valence-corrected chi connectivity index (χ1v) is 3.52. The van der Waals surface area contributed by atoms with Gasteiger partial charge in [-0.25, -0.2) is 0 Å². The van der Waals surface area contributed by atoms with Crippen molar-refractivity contribution in [2.75, 3.05) is 0 Å². The first-order valence-electron chi connectivity index (χ1n) is 3.52. The highest BCUT2D eigenvalue weighted by Gasteiger charge is 1.94. The van der Waals surface area contributed by atoms with Crippen LogP contribution in [0.5, 0.6) is 0 Å². The summed E-state index contributed by atoms with van der Waals surface area (Å²) in [7, 11) is 0. The van der Waals surface area contributed by atoms with Crippen molar-refractivity contribution in [3.63, 3.8) is 0 Å². The van der Waals surface area contributed by atoms with Crippen molar-refractivity contribution in [1.29, 1.82) is 5.41 Å². The zero-order valence-corrected chi connectivity index (χ0v) is 6.77. The van der Waals surface area contributed by atoms with Crippen molar-refractivity contribution in [1.82, 2.24) is 5.32 Å². The third-order valence-electron chi connectivity index (χ3n) is 1.24. The van der Waals surface area contributed by atoms with Crippen LogP contribution in [0, 0.1) is 10.6 Å².